The summed E-state index contributed by atoms with van der Waals surface area (Å²) in [5, 5.41) is 9.00. The molecule has 0 atom stereocenters. The summed E-state index contributed by atoms with van der Waals surface area (Å²) in [6.07, 6.45) is 3.13. The molecule has 0 aliphatic rings. The summed E-state index contributed by atoms with van der Waals surface area (Å²) in [6.45, 7) is 0.0240. The molecule has 4 heteroatoms. The summed E-state index contributed by atoms with van der Waals surface area (Å²) in [5.74, 6) is 0.400. The van der Waals surface area contributed by atoms with Crippen LogP contribution in [-0.4, -0.2) is 15.1 Å². The number of aliphatic hydroxyl groups is 1. The van der Waals surface area contributed by atoms with Gasteiger partial charge in [-0.05, 0) is 11.6 Å². The topological polar surface area (TPSA) is 72.0 Å². The highest BCUT2D eigenvalue weighted by Crippen LogP contribution is 2.17. The van der Waals surface area contributed by atoms with Crippen molar-refractivity contribution in [3.63, 3.8) is 0 Å². The zero-order valence-electron chi connectivity index (χ0n) is 8.09. The maximum absolute atomic E-state index is 9.00. The van der Waals surface area contributed by atoms with Crippen LogP contribution in [0.15, 0.2) is 36.7 Å². The minimum Gasteiger partial charge on any atom is -0.392 e. The molecule has 1 aromatic heterocycles. The molecule has 0 bridgehead atoms. The van der Waals surface area contributed by atoms with Gasteiger partial charge < -0.3 is 10.8 Å². The second-order valence-corrected chi connectivity index (χ2v) is 3.18. The molecule has 1 heterocycles. The molecule has 0 radical (unpaired) electrons. The highest BCUT2D eigenvalue weighted by Gasteiger charge is 2.00. The van der Waals surface area contributed by atoms with Crippen molar-refractivity contribution in [3.05, 3.63) is 42.2 Å². The van der Waals surface area contributed by atoms with Gasteiger partial charge in [0.25, 0.3) is 0 Å². The van der Waals surface area contributed by atoms with E-state index in [9.17, 15) is 0 Å². The molecule has 3 N–H and O–H groups in total. The van der Waals surface area contributed by atoms with Crippen molar-refractivity contribution in [2.24, 2.45) is 0 Å². The Hall–Kier alpha value is -1.94. The smallest absolute Gasteiger partial charge is 0.141 e. The highest BCUT2D eigenvalue weighted by atomic mass is 16.3. The van der Waals surface area contributed by atoms with Gasteiger partial charge in [-0.2, -0.15) is 0 Å². The first-order valence-electron chi connectivity index (χ1n) is 4.57. The average Bonchev–Trinajstić information content (AvgIpc) is 2.30. The Balaban J connectivity index is 2.40. The normalized spacial score (nSPS) is 10.2. The second kappa shape index (κ2) is 4.06. The number of benzene rings is 1. The van der Waals surface area contributed by atoms with Gasteiger partial charge in [-0.25, -0.2) is 4.98 Å². The van der Waals surface area contributed by atoms with Crippen molar-refractivity contribution < 1.29 is 5.11 Å². The number of nitrogens with zero attached hydrogens (tertiary/aromatic N) is 2. The number of hydrogen-bond donors (Lipinski definition) is 2. The van der Waals surface area contributed by atoms with E-state index in [-0.39, 0.29) is 6.61 Å². The molecular formula is C11H11N3O. The van der Waals surface area contributed by atoms with Crippen molar-refractivity contribution in [3.8, 4) is 11.3 Å². The van der Waals surface area contributed by atoms with E-state index in [1.165, 1.54) is 6.20 Å². The Morgan fingerprint density at radius 2 is 2.07 bits per heavy atom. The summed E-state index contributed by atoms with van der Waals surface area (Å²) in [4.78, 5) is 8.12. The first-order valence-corrected chi connectivity index (χ1v) is 4.57. The van der Waals surface area contributed by atoms with Gasteiger partial charge in [0.15, 0.2) is 0 Å². The maximum atomic E-state index is 9.00. The van der Waals surface area contributed by atoms with E-state index in [1.54, 1.807) is 6.20 Å². The van der Waals surface area contributed by atoms with Crippen molar-refractivity contribution in [2.75, 3.05) is 5.73 Å². The van der Waals surface area contributed by atoms with Gasteiger partial charge in [-0.1, -0.05) is 18.2 Å². The van der Waals surface area contributed by atoms with Crippen molar-refractivity contribution in [2.45, 2.75) is 6.61 Å². The Kier molecular flexibility index (Phi) is 2.60. The van der Waals surface area contributed by atoms with Crippen LogP contribution in [0.25, 0.3) is 11.3 Å². The summed E-state index contributed by atoms with van der Waals surface area (Å²) >= 11 is 0. The van der Waals surface area contributed by atoms with Crippen LogP contribution in [0.5, 0.6) is 0 Å². The fourth-order valence-electron chi connectivity index (χ4n) is 1.32. The zero-order valence-corrected chi connectivity index (χ0v) is 8.09. The van der Waals surface area contributed by atoms with Crippen LogP contribution in [0.1, 0.15) is 5.56 Å². The van der Waals surface area contributed by atoms with Crippen LogP contribution in [0.3, 0.4) is 0 Å². The molecule has 4 nitrogen and oxygen atoms in total. The van der Waals surface area contributed by atoms with E-state index in [0.29, 0.717) is 5.82 Å². The van der Waals surface area contributed by atoms with Crippen molar-refractivity contribution >= 4 is 5.82 Å². The fraction of sp³-hybridized carbons (Fsp3) is 0.0909. The Labute approximate surface area is 87.4 Å². The van der Waals surface area contributed by atoms with Crippen LogP contribution in [0.4, 0.5) is 5.82 Å². The molecule has 76 valence electrons. The number of anilines is 1. The van der Waals surface area contributed by atoms with Gasteiger partial charge in [0, 0.05) is 5.56 Å². The number of aliphatic hydroxyl groups excluding tert-OH is 1. The molecule has 0 aliphatic heterocycles. The van der Waals surface area contributed by atoms with E-state index in [0.717, 1.165) is 16.8 Å². The molecule has 0 spiro atoms. The predicted octanol–water partition coefficient (Wildman–Crippen LogP) is 1.22. The predicted molar refractivity (Wildman–Crippen MR) is 57.8 cm³/mol. The third kappa shape index (κ3) is 2.11. The lowest BCUT2D eigenvalue weighted by atomic mass is 10.1. The number of nitrogen functional groups attached to an aromatic ring is 1. The lowest BCUT2D eigenvalue weighted by molar-refractivity contribution is 0.282. The molecule has 0 fully saturated rings. The highest BCUT2D eigenvalue weighted by molar-refractivity contribution is 5.59. The van der Waals surface area contributed by atoms with Crippen LogP contribution < -0.4 is 5.73 Å². The molecule has 2 aromatic rings. The van der Waals surface area contributed by atoms with E-state index in [4.69, 9.17) is 10.8 Å². The van der Waals surface area contributed by atoms with Crippen LogP contribution in [0, 0.1) is 0 Å². The molecule has 2 rings (SSSR count). The van der Waals surface area contributed by atoms with Gasteiger partial charge in [-0.3, -0.25) is 4.98 Å². The zero-order chi connectivity index (χ0) is 10.7. The number of aromatic nitrogens is 2. The molecular weight excluding hydrogens is 190 g/mol. The molecule has 0 amide bonds. The Morgan fingerprint density at radius 1 is 1.20 bits per heavy atom. The molecule has 0 saturated carbocycles. The SMILES string of the molecule is Nc1cnc(-c2cccc(CO)c2)cn1. The van der Waals surface area contributed by atoms with Gasteiger partial charge in [0.1, 0.15) is 5.82 Å². The summed E-state index contributed by atoms with van der Waals surface area (Å²) < 4.78 is 0. The van der Waals surface area contributed by atoms with Crippen LogP contribution in [0.2, 0.25) is 0 Å². The van der Waals surface area contributed by atoms with E-state index < -0.39 is 0 Å². The average molecular weight is 201 g/mol. The third-order valence-electron chi connectivity index (χ3n) is 2.08. The Morgan fingerprint density at radius 3 is 2.73 bits per heavy atom. The van der Waals surface area contributed by atoms with E-state index in [2.05, 4.69) is 9.97 Å². The fourth-order valence-corrected chi connectivity index (χ4v) is 1.32. The lowest BCUT2D eigenvalue weighted by Gasteiger charge is -2.02. The molecule has 0 aliphatic carbocycles. The molecule has 1 aromatic carbocycles. The van der Waals surface area contributed by atoms with Gasteiger partial charge in [0.05, 0.1) is 24.7 Å². The van der Waals surface area contributed by atoms with E-state index in [1.807, 2.05) is 24.3 Å². The number of hydrogen-bond acceptors (Lipinski definition) is 4. The van der Waals surface area contributed by atoms with E-state index >= 15 is 0 Å². The first-order chi connectivity index (χ1) is 7.29. The minimum atomic E-state index is 0.0240. The molecule has 15 heavy (non-hydrogen) atoms. The standard InChI is InChI=1S/C11H11N3O/c12-11-6-13-10(5-14-11)9-3-1-2-8(4-9)7-15/h1-6,15H,7H2,(H2,12,14). The van der Waals surface area contributed by atoms with Gasteiger partial charge in [0.2, 0.25) is 0 Å². The number of rotatable bonds is 2. The minimum absolute atomic E-state index is 0.0240. The first kappa shape index (κ1) is 9.61. The second-order valence-electron chi connectivity index (χ2n) is 3.18. The van der Waals surface area contributed by atoms with Gasteiger partial charge >= 0.3 is 0 Å². The summed E-state index contributed by atoms with van der Waals surface area (Å²) in [7, 11) is 0. The van der Waals surface area contributed by atoms with Crippen molar-refractivity contribution in [1.29, 1.82) is 0 Å². The lowest BCUT2D eigenvalue weighted by Crippen LogP contribution is -1.93. The third-order valence-corrected chi connectivity index (χ3v) is 2.08. The summed E-state index contributed by atoms with van der Waals surface area (Å²) in [5.41, 5.74) is 7.97. The quantitative estimate of drug-likeness (QED) is 0.766. The Bertz CT molecular complexity index is 454. The largest absolute Gasteiger partial charge is 0.392 e. The molecule has 0 saturated heterocycles. The van der Waals surface area contributed by atoms with Crippen LogP contribution in [-0.2, 0) is 6.61 Å². The maximum Gasteiger partial charge on any atom is 0.141 e. The summed E-state index contributed by atoms with van der Waals surface area (Å²) in [6, 6.07) is 7.52. The monoisotopic (exact) mass is 201 g/mol. The molecule has 0 unspecified atom stereocenters. The van der Waals surface area contributed by atoms with Gasteiger partial charge in [-0.15, -0.1) is 0 Å². The van der Waals surface area contributed by atoms with Crippen LogP contribution >= 0.6 is 0 Å². The number of nitrogens with two attached hydrogens (primary N) is 1. The van der Waals surface area contributed by atoms with Crippen molar-refractivity contribution in [1.82, 2.24) is 9.97 Å².